The summed E-state index contributed by atoms with van der Waals surface area (Å²) in [7, 11) is 3.00. The van der Waals surface area contributed by atoms with Crippen LogP contribution in [-0.2, 0) is 13.5 Å². The lowest BCUT2D eigenvalue weighted by Gasteiger charge is -2.45. The highest BCUT2D eigenvalue weighted by atomic mass is 19.2. The molecule has 4 heterocycles. The molecular formula is C23H20F4N4O2. The number of fused-ring (bicyclic) bond motifs is 4. The van der Waals surface area contributed by atoms with Gasteiger partial charge in [-0.1, -0.05) is 0 Å². The molecule has 2 aromatic heterocycles. The normalized spacial score (nSPS) is 19.4. The molecule has 2 unspecified atom stereocenters. The van der Waals surface area contributed by atoms with Crippen molar-refractivity contribution in [2.75, 3.05) is 7.11 Å². The minimum atomic E-state index is -1.53. The monoisotopic (exact) mass is 460 g/mol. The molecule has 0 aliphatic carbocycles. The fraction of sp³-hybridized carbons (Fsp3) is 0.348. The number of halogens is 4. The van der Waals surface area contributed by atoms with E-state index in [1.807, 2.05) is 0 Å². The maximum atomic E-state index is 13.9. The van der Waals surface area contributed by atoms with E-state index >= 15 is 0 Å². The number of hydrogen-bond donors (Lipinski definition) is 0. The highest BCUT2D eigenvalue weighted by molar-refractivity contribution is 5.97. The van der Waals surface area contributed by atoms with Crippen molar-refractivity contribution >= 4 is 5.91 Å². The van der Waals surface area contributed by atoms with Crippen molar-refractivity contribution in [1.82, 2.24) is 19.7 Å². The lowest BCUT2D eigenvalue weighted by Crippen LogP contribution is -2.50. The Labute approximate surface area is 186 Å². The van der Waals surface area contributed by atoms with Gasteiger partial charge in [-0.2, -0.15) is 5.10 Å². The summed E-state index contributed by atoms with van der Waals surface area (Å²) >= 11 is 0. The zero-order valence-corrected chi connectivity index (χ0v) is 17.9. The molecule has 10 heteroatoms. The molecule has 2 bridgehead atoms. The van der Waals surface area contributed by atoms with E-state index in [4.69, 9.17) is 4.74 Å². The second-order valence-electron chi connectivity index (χ2n) is 8.32. The third-order valence-corrected chi connectivity index (χ3v) is 6.41. The van der Waals surface area contributed by atoms with E-state index in [9.17, 15) is 22.4 Å². The largest absolute Gasteiger partial charge is 0.480 e. The summed E-state index contributed by atoms with van der Waals surface area (Å²) in [5.74, 6) is -5.12. The summed E-state index contributed by atoms with van der Waals surface area (Å²) in [6.45, 7) is 0. The summed E-state index contributed by atoms with van der Waals surface area (Å²) in [6, 6.07) is 2.38. The van der Waals surface area contributed by atoms with Crippen LogP contribution in [0.1, 0.15) is 46.9 Å². The van der Waals surface area contributed by atoms with Crippen LogP contribution in [0.3, 0.4) is 0 Å². The molecular weight excluding hydrogens is 440 g/mol. The Balaban J connectivity index is 1.60. The molecule has 0 spiro atoms. The number of pyridine rings is 1. The van der Waals surface area contributed by atoms with Crippen LogP contribution in [-0.4, -0.2) is 38.7 Å². The van der Waals surface area contributed by atoms with Crippen molar-refractivity contribution in [2.24, 2.45) is 7.05 Å². The van der Waals surface area contributed by atoms with Crippen molar-refractivity contribution in [1.29, 1.82) is 0 Å². The number of benzene rings is 1. The van der Waals surface area contributed by atoms with Crippen LogP contribution in [0.4, 0.5) is 17.6 Å². The average Bonchev–Trinajstić information content (AvgIpc) is 3.11. The fourth-order valence-electron chi connectivity index (χ4n) is 5.08. The van der Waals surface area contributed by atoms with Gasteiger partial charge in [-0.05, 0) is 43.9 Å². The Morgan fingerprint density at radius 3 is 2.55 bits per heavy atom. The highest BCUT2D eigenvalue weighted by Crippen LogP contribution is 2.45. The number of methoxy groups -OCH3 is 1. The smallest absolute Gasteiger partial charge is 0.260 e. The highest BCUT2D eigenvalue weighted by Gasteiger charge is 2.44. The van der Waals surface area contributed by atoms with Crippen LogP contribution in [0.2, 0.25) is 0 Å². The number of piperidine rings is 1. The van der Waals surface area contributed by atoms with Gasteiger partial charge in [0.15, 0.2) is 17.5 Å². The van der Waals surface area contributed by atoms with Crippen LogP contribution >= 0.6 is 0 Å². The van der Waals surface area contributed by atoms with Gasteiger partial charge >= 0.3 is 0 Å². The number of hydrogen-bond acceptors (Lipinski definition) is 4. The summed E-state index contributed by atoms with van der Waals surface area (Å²) in [5.41, 5.74) is 2.07. The number of aryl methyl sites for hydroxylation is 1. The molecule has 6 nitrogen and oxygen atoms in total. The number of ether oxygens (including phenoxy) is 1. The van der Waals surface area contributed by atoms with Crippen LogP contribution in [0.25, 0.3) is 11.3 Å². The first-order valence-electron chi connectivity index (χ1n) is 10.5. The minimum Gasteiger partial charge on any atom is -0.480 e. The quantitative estimate of drug-likeness (QED) is 0.431. The molecule has 33 heavy (non-hydrogen) atoms. The summed E-state index contributed by atoms with van der Waals surface area (Å²) in [4.78, 5) is 19.1. The zero-order valence-electron chi connectivity index (χ0n) is 17.9. The molecule has 2 aliphatic heterocycles. The summed E-state index contributed by atoms with van der Waals surface area (Å²) in [5, 5.41) is 4.58. The lowest BCUT2D eigenvalue weighted by atomic mass is 9.81. The maximum absolute atomic E-state index is 13.9. The van der Waals surface area contributed by atoms with Gasteiger partial charge in [0.05, 0.1) is 30.7 Å². The third-order valence-electron chi connectivity index (χ3n) is 6.41. The van der Waals surface area contributed by atoms with E-state index in [-0.39, 0.29) is 23.0 Å². The standard InChI is InChI=1S/C23H20F4N4O2/c1-30-21(11-6-16(25)19(27)17(26)7-11)14-9-13-4-3-5-18(20(14)29-30)31(13)23(32)15-8-12(24)10-28-22(15)33-2/h6-8,10,13,18H,3-5,9H2,1-2H3. The Bertz CT molecular complexity index is 1250. The molecule has 2 atom stereocenters. The molecule has 172 valence electrons. The molecule has 0 N–H and O–H groups in total. The van der Waals surface area contributed by atoms with E-state index in [0.717, 1.165) is 36.4 Å². The van der Waals surface area contributed by atoms with Crippen LogP contribution in [0.15, 0.2) is 24.4 Å². The first-order chi connectivity index (χ1) is 15.8. The van der Waals surface area contributed by atoms with E-state index in [2.05, 4.69) is 10.1 Å². The molecule has 1 fully saturated rings. The number of carbonyl (C=O) groups excluding carboxylic acids is 1. The van der Waals surface area contributed by atoms with E-state index < -0.39 is 35.2 Å². The van der Waals surface area contributed by atoms with Gasteiger partial charge in [-0.25, -0.2) is 22.5 Å². The predicted octanol–water partition coefficient (Wildman–Crippen LogP) is 4.34. The van der Waals surface area contributed by atoms with Crippen LogP contribution < -0.4 is 4.74 Å². The topological polar surface area (TPSA) is 60.2 Å². The van der Waals surface area contributed by atoms with Gasteiger partial charge in [0.2, 0.25) is 5.88 Å². The second-order valence-corrected chi connectivity index (χ2v) is 8.32. The molecule has 1 amide bonds. The Kier molecular flexibility index (Phi) is 5.10. The van der Waals surface area contributed by atoms with Gasteiger partial charge in [0, 0.05) is 24.2 Å². The molecule has 3 aromatic rings. The number of carbonyl (C=O) groups is 1. The molecule has 1 aromatic carbocycles. The summed E-state index contributed by atoms with van der Waals surface area (Å²) < 4.78 is 62.0. The number of nitrogens with zero attached hydrogens (tertiary/aromatic N) is 4. The first-order valence-corrected chi connectivity index (χ1v) is 10.5. The number of rotatable bonds is 3. The average molecular weight is 460 g/mol. The zero-order chi connectivity index (χ0) is 23.4. The van der Waals surface area contributed by atoms with Crippen LogP contribution in [0, 0.1) is 23.3 Å². The predicted molar refractivity (Wildman–Crippen MR) is 110 cm³/mol. The second kappa shape index (κ2) is 7.86. The van der Waals surface area contributed by atoms with Gasteiger partial charge in [0.25, 0.3) is 5.91 Å². The van der Waals surface area contributed by atoms with Gasteiger partial charge in [0.1, 0.15) is 11.4 Å². The fourth-order valence-corrected chi connectivity index (χ4v) is 5.08. The van der Waals surface area contributed by atoms with Crippen molar-refractivity contribution in [2.45, 2.75) is 37.8 Å². The van der Waals surface area contributed by atoms with E-state index in [1.54, 1.807) is 11.9 Å². The number of amides is 1. The van der Waals surface area contributed by atoms with Gasteiger partial charge in [-0.3, -0.25) is 9.48 Å². The van der Waals surface area contributed by atoms with Gasteiger partial charge < -0.3 is 9.64 Å². The maximum Gasteiger partial charge on any atom is 0.260 e. The van der Waals surface area contributed by atoms with Crippen LogP contribution in [0.5, 0.6) is 5.88 Å². The molecule has 0 saturated carbocycles. The van der Waals surface area contributed by atoms with Crippen molar-refractivity contribution in [3.8, 4) is 17.1 Å². The Hall–Kier alpha value is -3.43. The minimum absolute atomic E-state index is 0.0247. The van der Waals surface area contributed by atoms with Crippen molar-refractivity contribution in [3.05, 3.63) is 64.5 Å². The van der Waals surface area contributed by atoms with Crippen molar-refractivity contribution in [3.63, 3.8) is 0 Å². The summed E-state index contributed by atoms with van der Waals surface area (Å²) in [6.07, 6.45) is 3.57. The third kappa shape index (κ3) is 3.35. The van der Waals surface area contributed by atoms with Gasteiger partial charge in [-0.15, -0.1) is 0 Å². The molecule has 2 aliphatic rings. The number of aromatic nitrogens is 3. The SMILES string of the molecule is COc1ncc(F)cc1C(=O)N1C2CCCC1c1nn(C)c(-c3cc(F)c(F)c(F)c3)c1C2. The Morgan fingerprint density at radius 2 is 1.85 bits per heavy atom. The molecule has 5 rings (SSSR count). The van der Waals surface area contributed by atoms with E-state index in [1.165, 1.54) is 11.8 Å². The lowest BCUT2D eigenvalue weighted by molar-refractivity contribution is 0.0387. The first kappa shape index (κ1) is 21.4. The molecule has 0 radical (unpaired) electrons. The Morgan fingerprint density at radius 1 is 1.12 bits per heavy atom. The van der Waals surface area contributed by atoms with Crippen molar-refractivity contribution < 1.29 is 27.1 Å². The van der Waals surface area contributed by atoms with E-state index in [0.29, 0.717) is 30.7 Å². The molecule has 1 saturated heterocycles.